The number of nitrogens with one attached hydrogen (secondary N) is 1. The van der Waals surface area contributed by atoms with Gasteiger partial charge in [-0.25, -0.2) is 0 Å². The van der Waals surface area contributed by atoms with Crippen LogP contribution in [-0.2, 0) is 13.1 Å². The normalized spacial score (nSPS) is 11.7. The van der Waals surface area contributed by atoms with Gasteiger partial charge in [0.15, 0.2) is 0 Å². The Morgan fingerprint density at radius 1 is 1.41 bits per heavy atom. The van der Waals surface area contributed by atoms with Crippen molar-refractivity contribution < 1.29 is 4.42 Å². The highest BCUT2D eigenvalue weighted by molar-refractivity contribution is 5.20. The van der Waals surface area contributed by atoms with Gasteiger partial charge in [0.1, 0.15) is 11.5 Å². The van der Waals surface area contributed by atoms with Crippen LogP contribution in [0.25, 0.3) is 0 Å². The van der Waals surface area contributed by atoms with E-state index in [2.05, 4.69) is 44.1 Å². The summed E-state index contributed by atoms with van der Waals surface area (Å²) >= 11 is 0. The summed E-state index contributed by atoms with van der Waals surface area (Å²) in [6.07, 6.45) is 0. The van der Waals surface area contributed by atoms with E-state index in [9.17, 15) is 0 Å². The Kier molecular flexibility index (Phi) is 5.72. The quantitative estimate of drug-likeness (QED) is 0.792. The first-order valence-corrected chi connectivity index (χ1v) is 6.50. The number of rotatable bonds is 7. The molecule has 3 nitrogen and oxygen atoms in total. The molecule has 0 aliphatic heterocycles. The van der Waals surface area contributed by atoms with Crippen LogP contribution in [0, 0.1) is 12.8 Å². The predicted octanol–water partition coefficient (Wildman–Crippen LogP) is 2.79. The highest BCUT2D eigenvalue weighted by Crippen LogP contribution is 2.16. The smallest absolute Gasteiger partial charge is 0.118 e. The predicted molar refractivity (Wildman–Crippen MR) is 72.0 cm³/mol. The molecular weight excluding hydrogens is 212 g/mol. The van der Waals surface area contributed by atoms with Gasteiger partial charge in [-0.3, -0.25) is 0 Å². The second-order valence-corrected chi connectivity index (χ2v) is 5.17. The van der Waals surface area contributed by atoms with Crippen molar-refractivity contribution in [2.24, 2.45) is 5.92 Å². The van der Waals surface area contributed by atoms with Gasteiger partial charge < -0.3 is 14.6 Å². The molecule has 0 saturated carbocycles. The molecule has 1 rings (SSSR count). The topological polar surface area (TPSA) is 28.4 Å². The lowest BCUT2D eigenvalue weighted by atomic mass is 10.2. The lowest BCUT2D eigenvalue weighted by molar-refractivity contribution is 0.286. The lowest BCUT2D eigenvalue weighted by Crippen LogP contribution is -2.22. The van der Waals surface area contributed by atoms with Crippen LogP contribution in [0.4, 0.5) is 0 Å². The zero-order valence-electron chi connectivity index (χ0n) is 11.8. The maximum Gasteiger partial charge on any atom is 0.118 e. The molecule has 0 aromatic carbocycles. The Balaban J connectivity index is 2.55. The van der Waals surface area contributed by atoms with E-state index in [0.29, 0.717) is 5.92 Å². The van der Waals surface area contributed by atoms with Crippen molar-refractivity contribution in [2.75, 3.05) is 20.1 Å². The summed E-state index contributed by atoms with van der Waals surface area (Å²) in [7, 11) is 2.16. The third-order valence-electron chi connectivity index (χ3n) is 2.74. The molecule has 17 heavy (non-hydrogen) atoms. The van der Waals surface area contributed by atoms with Crippen LogP contribution < -0.4 is 5.32 Å². The Morgan fingerprint density at radius 2 is 2.12 bits per heavy atom. The summed E-state index contributed by atoms with van der Waals surface area (Å²) in [5, 5.41) is 3.28. The van der Waals surface area contributed by atoms with E-state index in [1.165, 1.54) is 5.56 Å². The van der Waals surface area contributed by atoms with Crippen LogP contribution in [0.5, 0.6) is 0 Å². The number of furan rings is 1. The monoisotopic (exact) mass is 238 g/mol. The molecule has 0 spiro atoms. The number of nitrogens with zero attached hydrogens (tertiary/aromatic N) is 1. The SMILES string of the molecule is CCNCc1cc(CN(C)CC(C)C)c(C)o1. The third-order valence-corrected chi connectivity index (χ3v) is 2.74. The summed E-state index contributed by atoms with van der Waals surface area (Å²) < 4.78 is 5.73. The van der Waals surface area contributed by atoms with Gasteiger partial charge in [0, 0.05) is 18.7 Å². The maximum absolute atomic E-state index is 5.73. The number of hydrogen-bond acceptors (Lipinski definition) is 3. The molecule has 1 N–H and O–H groups in total. The minimum absolute atomic E-state index is 0.702. The van der Waals surface area contributed by atoms with Crippen LogP contribution in [0.1, 0.15) is 37.9 Å². The van der Waals surface area contributed by atoms with Gasteiger partial charge in [-0.05, 0) is 32.5 Å². The van der Waals surface area contributed by atoms with Crippen LogP contribution in [0.3, 0.4) is 0 Å². The second-order valence-electron chi connectivity index (χ2n) is 5.17. The Morgan fingerprint density at radius 3 is 2.71 bits per heavy atom. The fourth-order valence-electron chi connectivity index (χ4n) is 2.06. The summed E-state index contributed by atoms with van der Waals surface area (Å²) in [6.45, 7) is 12.5. The zero-order valence-corrected chi connectivity index (χ0v) is 11.8. The van der Waals surface area contributed by atoms with Gasteiger partial charge in [0.2, 0.25) is 0 Å². The van der Waals surface area contributed by atoms with E-state index in [0.717, 1.165) is 37.7 Å². The summed E-state index contributed by atoms with van der Waals surface area (Å²) in [4.78, 5) is 2.35. The first-order chi connectivity index (χ1) is 8.02. The number of aryl methyl sites for hydroxylation is 1. The average molecular weight is 238 g/mol. The minimum atomic E-state index is 0.702. The molecular formula is C14H26N2O. The molecule has 0 radical (unpaired) electrons. The van der Waals surface area contributed by atoms with E-state index in [1.807, 2.05) is 6.92 Å². The van der Waals surface area contributed by atoms with Crippen molar-refractivity contribution in [1.29, 1.82) is 0 Å². The van der Waals surface area contributed by atoms with Gasteiger partial charge in [0.25, 0.3) is 0 Å². The van der Waals surface area contributed by atoms with Crippen molar-refractivity contribution >= 4 is 0 Å². The Labute approximate surface area is 105 Å². The summed E-state index contributed by atoms with van der Waals surface area (Å²) in [5.74, 6) is 2.79. The van der Waals surface area contributed by atoms with Crippen LogP contribution in [0.15, 0.2) is 10.5 Å². The van der Waals surface area contributed by atoms with Crippen molar-refractivity contribution in [1.82, 2.24) is 10.2 Å². The average Bonchev–Trinajstić information content (AvgIpc) is 2.55. The van der Waals surface area contributed by atoms with Gasteiger partial charge >= 0.3 is 0 Å². The van der Waals surface area contributed by atoms with Crippen LogP contribution in [0.2, 0.25) is 0 Å². The largest absolute Gasteiger partial charge is 0.465 e. The van der Waals surface area contributed by atoms with Gasteiger partial charge in [-0.2, -0.15) is 0 Å². The second kappa shape index (κ2) is 6.82. The summed E-state index contributed by atoms with van der Waals surface area (Å²) in [6, 6.07) is 2.18. The molecule has 0 aliphatic rings. The standard InChI is InChI=1S/C14H26N2O/c1-6-15-8-14-7-13(12(4)17-14)10-16(5)9-11(2)3/h7,11,15H,6,8-10H2,1-5H3. The molecule has 0 bridgehead atoms. The molecule has 0 aliphatic carbocycles. The third kappa shape index (κ3) is 4.92. The molecule has 1 aromatic heterocycles. The van der Waals surface area contributed by atoms with Crippen LogP contribution >= 0.6 is 0 Å². The van der Waals surface area contributed by atoms with Crippen molar-refractivity contribution in [2.45, 2.75) is 40.8 Å². The molecule has 3 heteroatoms. The Bertz CT molecular complexity index is 331. The van der Waals surface area contributed by atoms with Gasteiger partial charge in [0.05, 0.1) is 6.54 Å². The molecule has 0 saturated heterocycles. The first-order valence-electron chi connectivity index (χ1n) is 6.50. The number of hydrogen-bond donors (Lipinski definition) is 1. The molecule has 98 valence electrons. The molecule has 1 heterocycles. The lowest BCUT2D eigenvalue weighted by Gasteiger charge is -2.18. The molecule has 0 unspecified atom stereocenters. The molecule has 0 amide bonds. The summed E-state index contributed by atoms with van der Waals surface area (Å²) in [5.41, 5.74) is 1.31. The zero-order chi connectivity index (χ0) is 12.8. The highest BCUT2D eigenvalue weighted by atomic mass is 16.3. The van der Waals surface area contributed by atoms with E-state index in [4.69, 9.17) is 4.42 Å². The van der Waals surface area contributed by atoms with E-state index in [1.54, 1.807) is 0 Å². The molecule has 0 atom stereocenters. The van der Waals surface area contributed by atoms with Gasteiger partial charge in [-0.15, -0.1) is 0 Å². The highest BCUT2D eigenvalue weighted by Gasteiger charge is 2.10. The fourth-order valence-corrected chi connectivity index (χ4v) is 2.06. The van der Waals surface area contributed by atoms with E-state index < -0.39 is 0 Å². The molecule has 0 fully saturated rings. The van der Waals surface area contributed by atoms with Crippen LogP contribution in [-0.4, -0.2) is 25.0 Å². The Hall–Kier alpha value is -0.800. The maximum atomic E-state index is 5.73. The van der Waals surface area contributed by atoms with Crippen molar-refractivity contribution in [3.8, 4) is 0 Å². The van der Waals surface area contributed by atoms with Gasteiger partial charge in [-0.1, -0.05) is 20.8 Å². The molecule has 1 aromatic rings. The first kappa shape index (κ1) is 14.3. The van der Waals surface area contributed by atoms with Crippen molar-refractivity contribution in [3.63, 3.8) is 0 Å². The minimum Gasteiger partial charge on any atom is -0.465 e. The van der Waals surface area contributed by atoms with E-state index in [-0.39, 0.29) is 0 Å². The van der Waals surface area contributed by atoms with Crippen molar-refractivity contribution in [3.05, 3.63) is 23.2 Å². The van der Waals surface area contributed by atoms with E-state index >= 15 is 0 Å². The fraction of sp³-hybridized carbons (Fsp3) is 0.714.